The molecule has 0 aliphatic carbocycles. The maximum Gasteiger partial charge on any atom is 0.285 e. The van der Waals surface area contributed by atoms with E-state index in [2.05, 4.69) is 9.99 Å². The molecule has 0 bridgehead atoms. The Morgan fingerprint density at radius 1 is 1.06 bits per heavy atom. The van der Waals surface area contributed by atoms with Gasteiger partial charge < -0.3 is 4.57 Å². The van der Waals surface area contributed by atoms with Gasteiger partial charge in [-0.05, 0) is 92.7 Å². The van der Waals surface area contributed by atoms with Crippen LogP contribution in [0.5, 0.6) is 0 Å². The summed E-state index contributed by atoms with van der Waals surface area (Å²) < 4.78 is 2.33. The topological polar surface area (TPSA) is 54.3 Å². The molecule has 2 aromatic carbocycles. The first-order valence-electron chi connectivity index (χ1n) is 9.95. The van der Waals surface area contributed by atoms with Crippen LogP contribution < -0.4 is 5.43 Å². The van der Waals surface area contributed by atoms with Gasteiger partial charge >= 0.3 is 0 Å². The van der Waals surface area contributed by atoms with E-state index in [1.807, 2.05) is 51.1 Å². The Morgan fingerprint density at radius 3 is 2.42 bits per heavy atom. The second-order valence-electron chi connectivity index (χ2n) is 7.58. The van der Waals surface area contributed by atoms with Crippen molar-refractivity contribution in [2.45, 2.75) is 20.8 Å². The van der Waals surface area contributed by atoms with Gasteiger partial charge in [0.05, 0.1) is 15.5 Å². The average molecular weight is 516 g/mol. The quantitative estimate of drug-likeness (QED) is 0.329. The third-order valence-electron chi connectivity index (χ3n) is 5.22. The first-order valence-corrected chi connectivity index (χ1v) is 11.9. The summed E-state index contributed by atoms with van der Waals surface area (Å²) in [6, 6.07) is 14.6. The Hall–Kier alpha value is -2.58. The molecule has 0 spiro atoms. The molecule has 1 saturated heterocycles. The zero-order valence-corrected chi connectivity index (χ0v) is 21.1. The first-order chi connectivity index (χ1) is 15.7. The molecule has 1 fully saturated rings. The highest BCUT2D eigenvalue weighted by molar-refractivity contribution is 8.26. The van der Waals surface area contributed by atoms with Crippen LogP contribution in [0, 0.1) is 20.8 Å². The lowest BCUT2D eigenvalue weighted by atomic mass is 10.1. The number of aromatic nitrogens is 1. The monoisotopic (exact) mass is 515 g/mol. The molecule has 9 heteroatoms. The van der Waals surface area contributed by atoms with Gasteiger partial charge in [-0.1, -0.05) is 41.0 Å². The predicted octanol–water partition coefficient (Wildman–Crippen LogP) is 6.26. The third kappa shape index (κ3) is 4.73. The van der Waals surface area contributed by atoms with Gasteiger partial charge in [-0.3, -0.25) is 15.0 Å². The molecule has 0 atom stereocenters. The number of aryl methyl sites for hydroxylation is 2. The summed E-state index contributed by atoms with van der Waals surface area (Å²) in [6.45, 7) is 5.86. The van der Waals surface area contributed by atoms with Crippen molar-refractivity contribution in [2.24, 2.45) is 0 Å². The predicted molar refractivity (Wildman–Crippen MR) is 139 cm³/mol. The van der Waals surface area contributed by atoms with Crippen LogP contribution in [-0.2, 0) is 4.79 Å². The van der Waals surface area contributed by atoms with E-state index < -0.39 is 11.8 Å². The molecule has 3 aromatic rings. The second-order valence-corrected chi connectivity index (χ2v) is 10.1. The molecule has 2 heterocycles. The van der Waals surface area contributed by atoms with E-state index in [4.69, 9.17) is 35.4 Å². The fraction of sp³-hybridized carbons (Fsp3) is 0.125. The van der Waals surface area contributed by atoms with Gasteiger partial charge in [0.25, 0.3) is 11.8 Å². The van der Waals surface area contributed by atoms with Crippen LogP contribution in [0.15, 0.2) is 53.4 Å². The van der Waals surface area contributed by atoms with Gasteiger partial charge in [-0.15, -0.1) is 0 Å². The summed E-state index contributed by atoms with van der Waals surface area (Å²) >= 11 is 18.7. The zero-order valence-electron chi connectivity index (χ0n) is 18.0. The minimum atomic E-state index is -0.501. The minimum Gasteiger partial charge on any atom is -0.318 e. The molecular weight excluding hydrogens is 497 g/mol. The van der Waals surface area contributed by atoms with Gasteiger partial charge in [-0.2, -0.15) is 5.01 Å². The fourth-order valence-electron chi connectivity index (χ4n) is 3.59. The van der Waals surface area contributed by atoms with Crippen LogP contribution in [-0.4, -0.2) is 25.7 Å². The van der Waals surface area contributed by atoms with Crippen molar-refractivity contribution in [1.82, 2.24) is 15.0 Å². The van der Waals surface area contributed by atoms with Crippen LogP contribution in [0.2, 0.25) is 10.0 Å². The molecule has 0 saturated carbocycles. The highest BCUT2D eigenvalue weighted by atomic mass is 35.5. The summed E-state index contributed by atoms with van der Waals surface area (Å²) in [5.74, 6) is -0.892. The number of amides is 2. The van der Waals surface area contributed by atoms with E-state index in [0.717, 1.165) is 45.0 Å². The van der Waals surface area contributed by atoms with Crippen LogP contribution in [0.25, 0.3) is 11.8 Å². The second kappa shape index (κ2) is 9.35. The molecule has 4 rings (SSSR count). The number of benzene rings is 2. The van der Waals surface area contributed by atoms with Gasteiger partial charge in [0, 0.05) is 22.1 Å². The molecule has 1 N–H and O–H groups in total. The zero-order chi connectivity index (χ0) is 23.9. The number of halogens is 2. The maximum atomic E-state index is 13.0. The highest BCUT2D eigenvalue weighted by Crippen LogP contribution is 2.33. The summed E-state index contributed by atoms with van der Waals surface area (Å²) in [4.78, 5) is 26.1. The lowest BCUT2D eigenvalue weighted by Crippen LogP contribution is -2.44. The smallest absolute Gasteiger partial charge is 0.285 e. The number of carbonyl (C=O) groups excluding carboxylic acids is 2. The number of thioether (sulfide) groups is 1. The molecule has 1 aliphatic rings. The Kier molecular flexibility index (Phi) is 6.68. The number of nitrogens with one attached hydrogen (secondary N) is 1. The molecular formula is C24H19Cl2N3O2S2. The number of carbonyl (C=O) groups is 2. The van der Waals surface area contributed by atoms with E-state index in [9.17, 15) is 9.59 Å². The molecule has 1 aromatic heterocycles. The summed E-state index contributed by atoms with van der Waals surface area (Å²) in [6.07, 6.45) is 1.79. The van der Waals surface area contributed by atoms with Crippen LogP contribution in [0.3, 0.4) is 0 Å². The normalized spacial score (nSPS) is 14.9. The van der Waals surface area contributed by atoms with Gasteiger partial charge in [0.2, 0.25) is 0 Å². The first kappa shape index (κ1) is 23.6. The van der Waals surface area contributed by atoms with E-state index in [-0.39, 0.29) is 9.88 Å². The average Bonchev–Trinajstić information content (AvgIpc) is 3.18. The standard InChI is InChI=1S/C24H19Cl2N3O2S2/c1-13-4-9-19(20(26)10-13)22(30)27-29-23(31)21(33-24(29)32)12-16-11-14(2)28(15(16)3)18-7-5-17(25)6-8-18/h4-12H,1-3H3,(H,27,30)/b21-12+. The van der Waals surface area contributed by atoms with Gasteiger partial charge in [0.1, 0.15) is 0 Å². The number of rotatable bonds is 4. The number of hydrogen-bond donors (Lipinski definition) is 1. The Labute approximate surface area is 211 Å². The maximum absolute atomic E-state index is 13.0. The Balaban J connectivity index is 1.59. The lowest BCUT2D eigenvalue weighted by Gasteiger charge is -2.16. The van der Waals surface area contributed by atoms with Crippen LogP contribution >= 0.6 is 47.2 Å². The molecule has 2 amide bonds. The summed E-state index contributed by atoms with van der Waals surface area (Å²) in [7, 11) is 0. The molecule has 0 radical (unpaired) electrons. The van der Waals surface area contributed by atoms with Crippen molar-refractivity contribution in [2.75, 3.05) is 0 Å². The highest BCUT2D eigenvalue weighted by Gasteiger charge is 2.34. The van der Waals surface area contributed by atoms with Gasteiger partial charge in [0.15, 0.2) is 4.32 Å². The van der Waals surface area contributed by atoms with Gasteiger partial charge in [-0.25, -0.2) is 0 Å². The van der Waals surface area contributed by atoms with Crippen LogP contribution in [0.1, 0.15) is 32.9 Å². The molecule has 5 nitrogen and oxygen atoms in total. The van der Waals surface area contributed by atoms with E-state index >= 15 is 0 Å². The molecule has 0 unspecified atom stereocenters. The fourth-order valence-corrected chi connectivity index (χ4v) is 5.21. The van der Waals surface area contributed by atoms with Crippen molar-refractivity contribution < 1.29 is 9.59 Å². The molecule has 33 heavy (non-hydrogen) atoms. The van der Waals surface area contributed by atoms with Crippen molar-refractivity contribution in [3.8, 4) is 5.69 Å². The van der Waals surface area contributed by atoms with Crippen LogP contribution in [0.4, 0.5) is 0 Å². The van der Waals surface area contributed by atoms with Crippen molar-refractivity contribution in [3.63, 3.8) is 0 Å². The largest absolute Gasteiger partial charge is 0.318 e. The van der Waals surface area contributed by atoms with Crippen molar-refractivity contribution >= 4 is 69.4 Å². The van der Waals surface area contributed by atoms with Crippen molar-refractivity contribution in [1.29, 1.82) is 0 Å². The molecule has 1 aliphatic heterocycles. The van der Waals surface area contributed by atoms with E-state index in [1.165, 1.54) is 0 Å². The Morgan fingerprint density at radius 2 is 1.76 bits per heavy atom. The lowest BCUT2D eigenvalue weighted by molar-refractivity contribution is -0.123. The summed E-state index contributed by atoms with van der Waals surface area (Å²) in [5, 5.41) is 2.06. The minimum absolute atomic E-state index is 0.245. The number of hydrazine groups is 1. The third-order valence-corrected chi connectivity index (χ3v) is 7.08. The number of hydrogen-bond acceptors (Lipinski definition) is 4. The van der Waals surface area contributed by atoms with E-state index in [0.29, 0.717) is 15.0 Å². The van der Waals surface area contributed by atoms with Crippen molar-refractivity contribution in [3.05, 3.63) is 91.6 Å². The SMILES string of the molecule is Cc1ccc(C(=O)NN2C(=O)/C(=C\c3cc(C)n(-c4ccc(Cl)cc4)c3C)SC2=S)c(Cl)c1. The number of thiocarbonyl (C=S) groups is 1. The Bertz CT molecular complexity index is 1330. The number of nitrogens with zero attached hydrogens (tertiary/aromatic N) is 2. The summed E-state index contributed by atoms with van der Waals surface area (Å²) in [5.41, 5.74) is 7.62. The van der Waals surface area contributed by atoms with E-state index in [1.54, 1.807) is 24.3 Å². The molecule has 168 valence electrons.